The van der Waals surface area contributed by atoms with Crippen LogP contribution in [0.2, 0.25) is 0 Å². The number of hydrogen-bond donors (Lipinski definition) is 0. The van der Waals surface area contributed by atoms with Gasteiger partial charge in [0.05, 0.1) is 0 Å². The smallest absolute Gasteiger partial charge is 0 e. The van der Waals surface area contributed by atoms with Gasteiger partial charge in [-0.15, -0.1) is 6.08 Å². The predicted octanol–water partition coefficient (Wildman–Crippen LogP) is 41.8. The zero-order valence-corrected chi connectivity index (χ0v) is 90.1. The third-order valence-corrected chi connectivity index (χ3v) is 21.6. The van der Waals surface area contributed by atoms with E-state index in [1.54, 1.807) is 16.7 Å². The van der Waals surface area contributed by atoms with E-state index in [9.17, 15) is 0 Å². The Morgan fingerprint density at radius 3 is 0.729 bits per heavy atom. The van der Waals surface area contributed by atoms with Crippen LogP contribution in [0, 0.1) is 22.8 Å². The monoisotopic (exact) mass is 1810 g/mol. The van der Waals surface area contributed by atoms with E-state index in [0.717, 1.165) is 31.3 Å². The predicted molar refractivity (Wildman–Crippen MR) is 594 cm³/mol. The fourth-order valence-corrected chi connectivity index (χ4v) is 13.5. The summed E-state index contributed by atoms with van der Waals surface area (Å²) in [5.41, 5.74) is 34.2. The molecule has 0 heterocycles. The van der Waals surface area contributed by atoms with Gasteiger partial charge in [-0.2, -0.15) is 0 Å². The molecule has 0 unspecified atom stereocenters. The summed E-state index contributed by atoms with van der Waals surface area (Å²) in [5.74, 6) is 0. The molecule has 0 N–H and O–H groups in total. The number of hydrogen-bond acceptors (Lipinski definition) is 0. The van der Waals surface area contributed by atoms with E-state index in [1.165, 1.54) is 175 Å². The van der Waals surface area contributed by atoms with Crippen molar-refractivity contribution in [2.75, 3.05) is 0 Å². The maximum Gasteiger partial charge on any atom is 0 e. The summed E-state index contributed by atoms with van der Waals surface area (Å²) in [6, 6.07) is 0. The Morgan fingerprint density at radius 2 is 0.481 bits per heavy atom. The zero-order valence-electron chi connectivity index (χ0n) is 87.2. The Morgan fingerprint density at radius 1 is 0.264 bits per heavy atom. The normalized spacial score (nSPS) is 17.5. The minimum atomic E-state index is 0. The van der Waals surface area contributed by atoms with Gasteiger partial charge < -0.3 is 0 Å². The van der Waals surface area contributed by atoms with Crippen LogP contribution in [0.1, 0.15) is 334 Å². The van der Waals surface area contributed by atoms with Crippen LogP contribution in [0.5, 0.6) is 0 Å². The first kappa shape index (κ1) is 129. The van der Waals surface area contributed by atoms with E-state index in [-0.39, 0.29) is 47.6 Å². The third kappa shape index (κ3) is 72.6. The first-order valence-corrected chi connectivity index (χ1v) is 46.8. The van der Waals surface area contributed by atoms with Gasteiger partial charge in [-0.1, -0.05) is 472 Å². The zero-order chi connectivity index (χ0) is 95.5. The van der Waals surface area contributed by atoms with Gasteiger partial charge in [-0.3, -0.25) is 6.58 Å². The maximum absolute atomic E-state index is 5.60. The molecule has 0 aromatic carbocycles. The number of rotatable bonds is 37. The second-order valence-corrected chi connectivity index (χ2v) is 37.4. The van der Waals surface area contributed by atoms with Gasteiger partial charge in [0.1, 0.15) is 0 Å². The van der Waals surface area contributed by atoms with E-state index in [2.05, 4.69) is 507 Å². The van der Waals surface area contributed by atoms with Crippen molar-refractivity contribution in [3.63, 3.8) is 0 Å². The Labute approximate surface area is 825 Å². The van der Waals surface area contributed by atoms with Crippen LogP contribution >= 0.6 is 0 Å². The molecule has 1 radical (unpaired) electrons. The Bertz CT molecular complexity index is 4610. The molecular formula is C128H187Y-. The van der Waals surface area contributed by atoms with E-state index in [4.69, 9.17) is 6.58 Å². The molecule has 3 aliphatic rings. The summed E-state index contributed by atoms with van der Waals surface area (Å²) in [4.78, 5) is 0. The molecule has 0 saturated heterocycles. The van der Waals surface area contributed by atoms with Crippen molar-refractivity contribution in [2.24, 2.45) is 16.2 Å². The van der Waals surface area contributed by atoms with Gasteiger partial charge in [-0.25, -0.2) is 11.6 Å². The van der Waals surface area contributed by atoms with E-state index in [0.29, 0.717) is 16.2 Å². The van der Waals surface area contributed by atoms with Crippen molar-refractivity contribution in [3.8, 4) is 0 Å². The van der Waals surface area contributed by atoms with Crippen LogP contribution in [0.15, 0.2) is 443 Å². The summed E-state index contributed by atoms with van der Waals surface area (Å²) in [6.07, 6.45) is 123. The van der Waals surface area contributed by atoms with Crippen LogP contribution in [0.25, 0.3) is 0 Å². The molecule has 3 aliphatic carbocycles. The molecule has 0 saturated carbocycles. The molecule has 0 aliphatic heterocycles. The van der Waals surface area contributed by atoms with E-state index >= 15 is 0 Å². The average molecular weight is 1810 g/mol. The summed E-state index contributed by atoms with van der Waals surface area (Å²) in [6.45, 7) is 79.5. The minimum Gasteiger partial charge on any atom is -0.290 e. The largest absolute Gasteiger partial charge is 0.290 e. The standard InChI is InChI=1S/2C30H42.C27H38.C20H30.C19H27.2CH4.Y/c1-9-24(2)19-20-26(4)15-11-10-14-25(3)16-12-17-27(5)21-22-29-28(6)18-13-23-30(29,7)8;1-25(2)15-11-19-27(5)17-9-10-18-28(6)21-13-23-30(8)24-14-22-29(7)20-12-16-26(3)4;1-8-14-24(4)16-9-10-17-25(5)19-12-21-27(7)22-13-20-26(6)18-11-15-23(2)3;1-7-16(2)10-8-11-17(3)13-14-19-18(4)12-9-15-20(19,5)6;1-15(2)9-7-10-16(3)12-13-18-17(4)11-8-14-19(18,5)6;;;/h9-12,14-17,19-22H,13,18,23H2,1-8H3;9-11,13-19,21-24H,12,20H2,1-8H3;8-10,12-17,19-22H,11,18H2,1-7H3;7-8,10-11,13-14H,9,12,15H2,1-6H3;1,7,9-10,12-13H,8,11,14H2,2-6H3;2*1H4;/q;;;;-1;;;/b11-10+,16-12+,20-19+,22-21+,24-9+,25-14+,26-15+,27-17+;10-9+,19-11+,21-13+,24-14+,27-17+,28-18+,29-22+,30-23+;10-9+,14-8+,19-12+,22-13+,24-16+,25-17+,26-20+,27-21+;10-8+,14-13+,16-7+,17-11+;9-7-,13-12+,16-10+;;;. The molecular weight excluding hydrogens is 1630 g/mol. The molecule has 3 rings (SSSR count). The van der Waals surface area contributed by atoms with Gasteiger partial charge in [-0.05, 0) is 303 Å². The van der Waals surface area contributed by atoms with E-state index in [1.807, 2.05) is 32.1 Å². The van der Waals surface area contributed by atoms with Crippen molar-refractivity contribution in [2.45, 2.75) is 334 Å². The van der Waals surface area contributed by atoms with Crippen LogP contribution in [0.4, 0.5) is 0 Å². The Kier molecular flexibility index (Phi) is 76.7. The fourth-order valence-electron chi connectivity index (χ4n) is 13.5. The minimum absolute atomic E-state index is 0. The average Bonchev–Trinajstić information content (AvgIpc) is 0.832. The molecule has 129 heavy (non-hydrogen) atoms. The van der Waals surface area contributed by atoms with Gasteiger partial charge in [0.25, 0.3) is 0 Å². The Hall–Kier alpha value is -8.78. The maximum atomic E-state index is 5.60. The molecule has 0 atom stereocenters. The van der Waals surface area contributed by atoms with E-state index < -0.39 is 0 Å². The summed E-state index contributed by atoms with van der Waals surface area (Å²) < 4.78 is 0. The molecule has 1 heteroatoms. The van der Waals surface area contributed by atoms with Crippen molar-refractivity contribution in [3.05, 3.63) is 450 Å². The van der Waals surface area contributed by atoms with Crippen LogP contribution < -0.4 is 0 Å². The second kappa shape index (κ2) is 76.9. The molecule has 0 fully saturated rings. The third-order valence-electron chi connectivity index (χ3n) is 21.6. The van der Waals surface area contributed by atoms with Gasteiger partial charge >= 0.3 is 0 Å². The molecule has 0 aromatic heterocycles. The summed E-state index contributed by atoms with van der Waals surface area (Å²) in [7, 11) is 0. The SMILES string of the molecule is C.C.C/C=C(C)/C=C/C(C)=C/C=C/C=C(C)/C=C/C=C(C)/C=C/C1=C(C)CCCC1(C)C.C/C=C(C)/C=C/C=C(C)/C=C/C1=C(C)CCCC1(C)C.C/C=C/C(C)=C/C=C/C=C(C)/C=C/C=C(C)/C=C/C=C(\C)CCC=C(C)C.CC(C)=C/C=C/C(C)=C/C=C/C=C(C)/C=C/C=C(C)/C=C/C=C(\C)CCC=C(C)C.[CH-]=C(C)\C=C/C=C(C)/C=C/C1=C(C)CCCC1(C)C.[Y]. The van der Waals surface area contributed by atoms with Gasteiger partial charge in [0.2, 0.25) is 0 Å². The second-order valence-electron chi connectivity index (χ2n) is 37.4. The molecule has 0 aromatic rings. The van der Waals surface area contributed by atoms with Crippen molar-refractivity contribution in [1.29, 1.82) is 0 Å². The quantitative estimate of drug-likeness (QED) is 0.0330. The topological polar surface area (TPSA) is 0 Å². The molecule has 0 amide bonds. The fraction of sp³-hybridized carbons (Fsp3) is 0.406. The summed E-state index contributed by atoms with van der Waals surface area (Å²) >= 11 is 0. The molecule has 0 nitrogen and oxygen atoms in total. The van der Waals surface area contributed by atoms with Crippen LogP contribution in [0.3, 0.4) is 0 Å². The first-order chi connectivity index (χ1) is 59.4. The van der Waals surface area contributed by atoms with Crippen molar-refractivity contribution >= 4 is 0 Å². The van der Waals surface area contributed by atoms with Crippen LogP contribution in [-0.4, -0.2) is 0 Å². The van der Waals surface area contributed by atoms with Crippen molar-refractivity contribution < 1.29 is 32.7 Å². The summed E-state index contributed by atoms with van der Waals surface area (Å²) in [5, 5.41) is 0. The van der Waals surface area contributed by atoms with Gasteiger partial charge in [0, 0.05) is 32.7 Å². The Balaban J connectivity index is -0.000000499. The number of allylic oxidation sites excluding steroid dienone is 75. The van der Waals surface area contributed by atoms with Crippen molar-refractivity contribution in [1.82, 2.24) is 0 Å². The first-order valence-electron chi connectivity index (χ1n) is 46.8. The van der Waals surface area contributed by atoms with Gasteiger partial charge in [0.15, 0.2) is 0 Å². The van der Waals surface area contributed by atoms with Crippen LogP contribution in [-0.2, 0) is 32.7 Å². The molecule has 0 bridgehead atoms. The molecule has 0 spiro atoms. The molecule has 703 valence electrons.